The van der Waals surface area contributed by atoms with Gasteiger partial charge in [0.1, 0.15) is 5.82 Å². The quantitative estimate of drug-likeness (QED) is 0.824. The largest absolute Gasteiger partial charge is 0.353 e. The molecule has 0 unspecified atom stereocenters. The van der Waals surface area contributed by atoms with Crippen molar-refractivity contribution in [2.24, 2.45) is 5.92 Å². The number of carbonyl (C=O) groups excluding carboxylic acids is 2. The van der Waals surface area contributed by atoms with Crippen molar-refractivity contribution in [3.05, 3.63) is 39.9 Å². The lowest BCUT2D eigenvalue weighted by atomic mass is 10.0. The second-order valence-electron chi connectivity index (χ2n) is 9.23. The van der Waals surface area contributed by atoms with Crippen molar-refractivity contribution >= 4 is 22.7 Å². The molecule has 2 fully saturated rings. The Bertz CT molecular complexity index is 1060. The Kier molecular flexibility index (Phi) is 5.50. The van der Waals surface area contributed by atoms with Crippen LogP contribution in [0, 0.1) is 5.92 Å². The van der Waals surface area contributed by atoms with Gasteiger partial charge in [0.2, 0.25) is 5.91 Å². The summed E-state index contributed by atoms with van der Waals surface area (Å²) in [6, 6.07) is 5.45. The summed E-state index contributed by atoms with van der Waals surface area (Å²) in [4.78, 5) is 44.7. The molecule has 0 bridgehead atoms. The zero-order valence-electron chi connectivity index (χ0n) is 17.9. The van der Waals surface area contributed by atoms with E-state index in [9.17, 15) is 14.4 Å². The van der Waals surface area contributed by atoms with Gasteiger partial charge in [-0.05, 0) is 56.7 Å². The van der Waals surface area contributed by atoms with E-state index < -0.39 is 0 Å². The van der Waals surface area contributed by atoms with E-state index in [0.717, 1.165) is 63.7 Å². The van der Waals surface area contributed by atoms with Crippen LogP contribution in [0.25, 0.3) is 10.9 Å². The van der Waals surface area contributed by atoms with Gasteiger partial charge in [-0.15, -0.1) is 0 Å². The number of nitrogens with zero attached hydrogens (tertiary/aromatic N) is 3. The van der Waals surface area contributed by atoms with Gasteiger partial charge in [-0.2, -0.15) is 0 Å². The Morgan fingerprint density at radius 1 is 0.968 bits per heavy atom. The highest BCUT2D eigenvalue weighted by Gasteiger charge is 2.32. The molecule has 1 saturated carbocycles. The molecule has 1 saturated heterocycles. The van der Waals surface area contributed by atoms with E-state index in [4.69, 9.17) is 4.98 Å². The van der Waals surface area contributed by atoms with Crippen LogP contribution in [0.4, 0.5) is 0 Å². The van der Waals surface area contributed by atoms with E-state index in [0.29, 0.717) is 29.6 Å². The first kappa shape index (κ1) is 20.2. The molecule has 3 aliphatic rings. The Balaban J connectivity index is 1.32. The number of carbonyl (C=O) groups is 2. The van der Waals surface area contributed by atoms with E-state index in [-0.39, 0.29) is 29.3 Å². The van der Waals surface area contributed by atoms with Crippen molar-refractivity contribution in [2.45, 2.75) is 70.4 Å². The molecular formula is C24H30N4O3. The van der Waals surface area contributed by atoms with E-state index in [1.165, 1.54) is 6.42 Å². The number of hydrogen-bond donors (Lipinski definition) is 1. The topological polar surface area (TPSA) is 84.3 Å². The molecule has 1 aromatic heterocycles. The van der Waals surface area contributed by atoms with Crippen molar-refractivity contribution in [2.75, 3.05) is 13.1 Å². The minimum Gasteiger partial charge on any atom is -0.353 e. The van der Waals surface area contributed by atoms with E-state index in [2.05, 4.69) is 5.32 Å². The summed E-state index contributed by atoms with van der Waals surface area (Å²) in [7, 11) is 0. The van der Waals surface area contributed by atoms with Gasteiger partial charge in [0.05, 0.1) is 10.9 Å². The normalized spacial score (nSPS) is 20.1. The lowest BCUT2D eigenvalue weighted by molar-refractivity contribution is -0.123. The number of aryl methyl sites for hydroxylation is 1. The Hall–Kier alpha value is -2.70. The first-order valence-corrected chi connectivity index (χ1v) is 11.7. The molecule has 31 heavy (non-hydrogen) atoms. The van der Waals surface area contributed by atoms with Crippen LogP contribution < -0.4 is 10.9 Å². The van der Waals surface area contributed by atoms with Gasteiger partial charge in [0, 0.05) is 43.6 Å². The van der Waals surface area contributed by atoms with Gasteiger partial charge in [-0.3, -0.25) is 19.0 Å². The summed E-state index contributed by atoms with van der Waals surface area (Å²) < 4.78 is 1.82. The molecule has 1 aliphatic carbocycles. The molecule has 0 radical (unpaired) electrons. The predicted octanol–water partition coefficient (Wildman–Crippen LogP) is 2.64. The lowest BCUT2D eigenvalue weighted by Gasteiger charge is -2.32. The SMILES string of the molecule is O=C(NC1CCN(C(=O)c2ccc3c(=O)n4c(nc3c2)CCCCCC4)CC1)C1CC1. The van der Waals surface area contributed by atoms with Crippen molar-refractivity contribution in [3.63, 3.8) is 0 Å². The summed E-state index contributed by atoms with van der Waals surface area (Å²) in [6.07, 6.45) is 8.76. The van der Waals surface area contributed by atoms with Crippen molar-refractivity contribution in [3.8, 4) is 0 Å². The Morgan fingerprint density at radius 2 is 1.74 bits per heavy atom. The minimum absolute atomic E-state index is 0.00752. The number of likely N-dealkylation sites (tertiary alicyclic amines) is 1. The highest BCUT2D eigenvalue weighted by atomic mass is 16.2. The molecular weight excluding hydrogens is 392 g/mol. The van der Waals surface area contributed by atoms with Crippen LogP contribution >= 0.6 is 0 Å². The average molecular weight is 423 g/mol. The van der Waals surface area contributed by atoms with Crippen LogP contribution in [0.15, 0.2) is 23.0 Å². The van der Waals surface area contributed by atoms with Crippen LogP contribution in [-0.4, -0.2) is 45.4 Å². The number of piperidine rings is 1. The maximum absolute atomic E-state index is 13.1. The molecule has 2 amide bonds. The van der Waals surface area contributed by atoms with Crippen molar-refractivity contribution in [1.82, 2.24) is 19.8 Å². The molecule has 1 N–H and O–H groups in total. The van der Waals surface area contributed by atoms with Crippen LogP contribution in [0.2, 0.25) is 0 Å². The van der Waals surface area contributed by atoms with Crippen LogP contribution in [0.3, 0.4) is 0 Å². The van der Waals surface area contributed by atoms with Gasteiger partial charge >= 0.3 is 0 Å². The zero-order valence-corrected chi connectivity index (χ0v) is 17.9. The first-order valence-electron chi connectivity index (χ1n) is 11.7. The van der Waals surface area contributed by atoms with Gasteiger partial charge < -0.3 is 10.2 Å². The predicted molar refractivity (Wildman–Crippen MR) is 118 cm³/mol. The number of nitrogens with one attached hydrogen (secondary N) is 1. The van der Waals surface area contributed by atoms with Crippen LogP contribution in [-0.2, 0) is 17.8 Å². The molecule has 2 aromatic rings. The second kappa shape index (κ2) is 8.44. The van der Waals surface area contributed by atoms with Crippen molar-refractivity contribution < 1.29 is 9.59 Å². The first-order chi connectivity index (χ1) is 15.1. The average Bonchev–Trinajstić information content (AvgIpc) is 3.60. The fourth-order valence-electron chi connectivity index (χ4n) is 4.80. The summed E-state index contributed by atoms with van der Waals surface area (Å²) in [5, 5.41) is 3.71. The molecule has 7 nitrogen and oxygen atoms in total. The van der Waals surface area contributed by atoms with Gasteiger partial charge in [0.15, 0.2) is 0 Å². The third kappa shape index (κ3) is 4.23. The van der Waals surface area contributed by atoms with E-state index in [1.807, 2.05) is 9.47 Å². The number of fused-ring (bicyclic) bond motifs is 2. The lowest BCUT2D eigenvalue weighted by Crippen LogP contribution is -2.46. The monoisotopic (exact) mass is 422 g/mol. The maximum Gasteiger partial charge on any atom is 0.261 e. The fourth-order valence-corrected chi connectivity index (χ4v) is 4.80. The number of rotatable bonds is 3. The molecule has 0 atom stereocenters. The molecule has 5 rings (SSSR count). The zero-order chi connectivity index (χ0) is 21.4. The third-order valence-corrected chi connectivity index (χ3v) is 6.89. The molecule has 0 spiro atoms. The van der Waals surface area contributed by atoms with Gasteiger partial charge in [-0.25, -0.2) is 4.98 Å². The number of aromatic nitrogens is 2. The summed E-state index contributed by atoms with van der Waals surface area (Å²) >= 11 is 0. The summed E-state index contributed by atoms with van der Waals surface area (Å²) in [5.74, 6) is 1.20. The molecule has 2 aliphatic heterocycles. The van der Waals surface area contributed by atoms with E-state index in [1.54, 1.807) is 18.2 Å². The maximum atomic E-state index is 13.1. The third-order valence-electron chi connectivity index (χ3n) is 6.89. The highest BCUT2D eigenvalue weighted by Crippen LogP contribution is 2.29. The van der Waals surface area contributed by atoms with Crippen LogP contribution in [0.5, 0.6) is 0 Å². The minimum atomic E-state index is -0.0254. The number of amides is 2. The molecule has 164 valence electrons. The summed E-state index contributed by atoms with van der Waals surface area (Å²) in [6.45, 7) is 1.99. The standard InChI is InChI=1S/C24H30N4O3/c29-22(16-6-7-16)25-18-10-13-27(14-11-18)23(30)17-8-9-19-20(15-17)26-21-5-3-1-2-4-12-28(21)24(19)31/h8-9,15-16,18H,1-7,10-14H2,(H,25,29). The van der Waals surface area contributed by atoms with Gasteiger partial charge in [0.25, 0.3) is 11.5 Å². The Morgan fingerprint density at radius 3 is 2.52 bits per heavy atom. The number of benzene rings is 1. The summed E-state index contributed by atoms with van der Waals surface area (Å²) in [5.41, 5.74) is 1.21. The molecule has 3 heterocycles. The smallest absolute Gasteiger partial charge is 0.261 e. The molecule has 7 heteroatoms. The van der Waals surface area contributed by atoms with Gasteiger partial charge in [-0.1, -0.05) is 12.8 Å². The fraction of sp³-hybridized carbons (Fsp3) is 0.583. The van der Waals surface area contributed by atoms with Crippen LogP contribution in [0.1, 0.15) is 67.5 Å². The number of hydrogen-bond acceptors (Lipinski definition) is 4. The van der Waals surface area contributed by atoms with Crippen molar-refractivity contribution in [1.29, 1.82) is 0 Å². The highest BCUT2D eigenvalue weighted by molar-refractivity contribution is 5.97. The Labute approximate surface area is 181 Å². The molecule has 1 aromatic carbocycles. The van der Waals surface area contributed by atoms with E-state index >= 15 is 0 Å². The second-order valence-corrected chi connectivity index (χ2v) is 9.23.